The fourth-order valence-corrected chi connectivity index (χ4v) is 6.63. The maximum absolute atomic E-state index is 12.7. The Hall–Kier alpha value is -3.65. The largest absolute Gasteiger partial charge is 0.457 e. The predicted molar refractivity (Wildman–Crippen MR) is 169 cm³/mol. The SMILES string of the molecule is COC1CC(OC(N)=O)C2C=CC3C=CC=CC(C)C(C(C)=CC(C)NC(C)=O)OC(=O)CC=CC=CC=CC3(C)C2C1. The summed E-state index contributed by atoms with van der Waals surface area (Å²) in [5, 5.41) is 2.85. The molecule has 0 radical (unpaired) electrons. The minimum absolute atomic E-state index is 0.0188. The van der Waals surface area contributed by atoms with Crippen LogP contribution in [-0.2, 0) is 23.8 Å². The van der Waals surface area contributed by atoms with Crippen LogP contribution >= 0.6 is 0 Å². The van der Waals surface area contributed by atoms with Crippen LogP contribution in [0.1, 0.15) is 53.9 Å². The molecule has 1 heterocycles. The van der Waals surface area contributed by atoms with E-state index in [9.17, 15) is 14.4 Å². The summed E-state index contributed by atoms with van der Waals surface area (Å²) in [7, 11) is 1.70. The summed E-state index contributed by atoms with van der Waals surface area (Å²) in [4.78, 5) is 36.0. The number of hydrogen-bond acceptors (Lipinski definition) is 6. The molecule has 8 nitrogen and oxygen atoms in total. The third-order valence-corrected chi connectivity index (χ3v) is 8.75. The highest BCUT2D eigenvalue weighted by Gasteiger charge is 2.50. The second-order valence-electron chi connectivity index (χ2n) is 12.1. The first kappa shape index (κ1) is 33.8. The first-order valence-corrected chi connectivity index (χ1v) is 15.1. The Morgan fingerprint density at radius 3 is 2.49 bits per heavy atom. The maximum atomic E-state index is 12.7. The fourth-order valence-electron chi connectivity index (χ4n) is 6.63. The molecule has 0 spiro atoms. The molecule has 0 aromatic rings. The second-order valence-corrected chi connectivity index (χ2v) is 12.1. The number of fused-ring (bicyclic) bond motifs is 3. The molecule has 2 amide bonds. The van der Waals surface area contributed by atoms with Gasteiger partial charge in [0.2, 0.25) is 5.91 Å². The van der Waals surface area contributed by atoms with Crippen molar-refractivity contribution in [3.8, 4) is 0 Å². The van der Waals surface area contributed by atoms with E-state index in [1.807, 2.05) is 69.4 Å². The lowest BCUT2D eigenvalue weighted by Gasteiger charge is -2.51. The number of nitrogens with two attached hydrogens (primary N) is 1. The van der Waals surface area contributed by atoms with Crippen LogP contribution in [0.2, 0.25) is 0 Å². The zero-order valence-corrected chi connectivity index (χ0v) is 26.3. The second kappa shape index (κ2) is 15.7. The molecule has 8 heteroatoms. The molecule has 1 saturated carbocycles. The number of hydrogen-bond donors (Lipinski definition) is 2. The molecule has 9 atom stereocenters. The van der Waals surface area contributed by atoms with Gasteiger partial charge in [0.05, 0.1) is 12.5 Å². The van der Waals surface area contributed by atoms with E-state index in [1.165, 1.54) is 6.92 Å². The Morgan fingerprint density at radius 1 is 1.07 bits per heavy atom. The zero-order valence-electron chi connectivity index (χ0n) is 26.3. The molecule has 1 fully saturated rings. The predicted octanol–water partition coefficient (Wildman–Crippen LogP) is 5.89. The molecule has 1 aliphatic heterocycles. The first-order valence-electron chi connectivity index (χ1n) is 15.1. The number of methoxy groups -OCH3 is 1. The number of rotatable bonds is 5. The molecule has 3 rings (SSSR count). The van der Waals surface area contributed by atoms with Gasteiger partial charge in [-0.25, -0.2) is 4.79 Å². The molecule has 0 aromatic carbocycles. The molecular formula is C35H48N2O6. The summed E-state index contributed by atoms with van der Waals surface area (Å²) in [6, 6.07) is -0.195. The highest BCUT2D eigenvalue weighted by molar-refractivity contribution is 5.73. The normalized spacial score (nSPS) is 34.0. The molecule has 0 bridgehead atoms. The van der Waals surface area contributed by atoms with E-state index in [0.29, 0.717) is 6.42 Å². The molecule has 2 aliphatic carbocycles. The van der Waals surface area contributed by atoms with Crippen molar-refractivity contribution < 1.29 is 28.6 Å². The number of carbonyl (C=O) groups excluding carboxylic acids is 3. The summed E-state index contributed by atoms with van der Waals surface area (Å²) in [6.45, 7) is 9.55. The zero-order chi connectivity index (χ0) is 31.6. The van der Waals surface area contributed by atoms with Gasteiger partial charge in [0.1, 0.15) is 12.2 Å². The summed E-state index contributed by atoms with van der Waals surface area (Å²) < 4.78 is 17.3. The van der Waals surface area contributed by atoms with Gasteiger partial charge in [0, 0.05) is 44.2 Å². The number of primary amides is 1. The molecule has 0 aromatic heterocycles. The molecule has 234 valence electrons. The minimum atomic E-state index is -0.769. The highest BCUT2D eigenvalue weighted by atomic mass is 16.6. The maximum Gasteiger partial charge on any atom is 0.404 e. The van der Waals surface area contributed by atoms with E-state index in [1.54, 1.807) is 13.2 Å². The Balaban J connectivity index is 1.97. The summed E-state index contributed by atoms with van der Waals surface area (Å²) >= 11 is 0. The lowest BCUT2D eigenvalue weighted by Crippen LogP contribution is -2.50. The van der Waals surface area contributed by atoms with Gasteiger partial charge in [0.25, 0.3) is 0 Å². The summed E-state index contributed by atoms with van der Waals surface area (Å²) in [5.74, 6) is -0.315. The number of ether oxygens (including phenoxy) is 3. The number of nitrogens with one attached hydrogen (secondary N) is 1. The smallest absolute Gasteiger partial charge is 0.404 e. The number of allylic oxidation sites excluding steroid dienone is 9. The van der Waals surface area contributed by atoms with Crippen LogP contribution in [0.4, 0.5) is 4.79 Å². The fraction of sp³-hybridized carbons (Fsp3) is 0.514. The van der Waals surface area contributed by atoms with Crippen molar-refractivity contribution in [1.82, 2.24) is 5.32 Å². The van der Waals surface area contributed by atoms with Crippen LogP contribution in [0, 0.1) is 29.1 Å². The lowest BCUT2D eigenvalue weighted by atomic mass is 9.55. The average molecular weight is 593 g/mol. The van der Waals surface area contributed by atoms with E-state index >= 15 is 0 Å². The van der Waals surface area contributed by atoms with Gasteiger partial charge >= 0.3 is 12.1 Å². The van der Waals surface area contributed by atoms with E-state index in [2.05, 4.69) is 36.5 Å². The van der Waals surface area contributed by atoms with Crippen LogP contribution in [0.5, 0.6) is 0 Å². The van der Waals surface area contributed by atoms with Crippen molar-refractivity contribution in [2.24, 2.45) is 34.8 Å². The number of esters is 1. The van der Waals surface area contributed by atoms with Crippen molar-refractivity contribution in [2.45, 2.75) is 78.2 Å². The van der Waals surface area contributed by atoms with E-state index in [4.69, 9.17) is 19.9 Å². The van der Waals surface area contributed by atoms with Crippen molar-refractivity contribution in [3.63, 3.8) is 0 Å². The van der Waals surface area contributed by atoms with E-state index < -0.39 is 12.2 Å². The van der Waals surface area contributed by atoms with Crippen molar-refractivity contribution in [2.75, 3.05) is 7.11 Å². The standard InChI is InChI=1S/C35H48N2O6/c1-23-14-11-12-15-27-17-18-29-30(21-28(41-6)22-31(29)42-34(36)40)35(27,5)19-13-9-7-8-10-16-32(39)43-33(23)24(2)20-25(3)37-26(4)38/h7-15,17-20,23,25,27-31,33H,16,21-22H2,1-6H3,(H2,36,40)(H,37,38). The van der Waals surface area contributed by atoms with Gasteiger partial charge in [-0.3, -0.25) is 9.59 Å². The quantitative estimate of drug-likeness (QED) is 0.304. The number of cyclic esters (lactones) is 1. The van der Waals surface area contributed by atoms with E-state index in [-0.39, 0.29) is 65.6 Å². The number of amides is 2. The van der Waals surface area contributed by atoms with Crippen molar-refractivity contribution in [1.29, 1.82) is 0 Å². The van der Waals surface area contributed by atoms with Gasteiger partial charge < -0.3 is 25.3 Å². The van der Waals surface area contributed by atoms with Gasteiger partial charge in [-0.1, -0.05) is 92.8 Å². The summed E-state index contributed by atoms with van der Waals surface area (Å²) in [5.41, 5.74) is 6.01. The topological polar surface area (TPSA) is 117 Å². The molecule has 9 unspecified atom stereocenters. The molecule has 0 saturated heterocycles. The van der Waals surface area contributed by atoms with Crippen molar-refractivity contribution in [3.05, 3.63) is 84.6 Å². The van der Waals surface area contributed by atoms with Gasteiger partial charge in [-0.15, -0.1) is 0 Å². The molecular weight excluding hydrogens is 544 g/mol. The Kier molecular flexibility index (Phi) is 12.4. The highest BCUT2D eigenvalue weighted by Crippen LogP contribution is 2.53. The Bertz CT molecular complexity index is 1210. The third-order valence-electron chi connectivity index (χ3n) is 8.75. The summed E-state index contributed by atoms with van der Waals surface area (Å²) in [6.07, 6.45) is 26.2. The van der Waals surface area contributed by atoms with Gasteiger partial charge in [0.15, 0.2) is 0 Å². The Morgan fingerprint density at radius 2 is 1.79 bits per heavy atom. The van der Waals surface area contributed by atoms with Crippen molar-refractivity contribution >= 4 is 18.0 Å². The van der Waals surface area contributed by atoms with Crippen LogP contribution < -0.4 is 11.1 Å². The van der Waals surface area contributed by atoms with Crippen LogP contribution in [0.3, 0.4) is 0 Å². The van der Waals surface area contributed by atoms with Crippen LogP contribution in [0.25, 0.3) is 0 Å². The van der Waals surface area contributed by atoms with Crippen LogP contribution in [0.15, 0.2) is 84.6 Å². The third kappa shape index (κ3) is 9.42. The lowest BCUT2D eigenvalue weighted by molar-refractivity contribution is -0.147. The average Bonchev–Trinajstić information content (AvgIpc) is 2.93. The first-order chi connectivity index (χ1) is 20.4. The molecule has 3 N–H and O–H groups in total. The number of carbonyl (C=O) groups is 3. The molecule has 43 heavy (non-hydrogen) atoms. The van der Waals surface area contributed by atoms with Gasteiger partial charge in [-0.05, 0) is 37.2 Å². The van der Waals surface area contributed by atoms with Gasteiger partial charge in [-0.2, -0.15) is 0 Å². The minimum Gasteiger partial charge on any atom is -0.457 e. The Labute approximate surface area is 256 Å². The monoisotopic (exact) mass is 592 g/mol. The van der Waals surface area contributed by atoms with E-state index in [0.717, 1.165) is 12.0 Å². The van der Waals surface area contributed by atoms with Crippen LogP contribution in [-0.4, -0.2) is 49.4 Å². The molecule has 3 aliphatic rings.